The van der Waals surface area contributed by atoms with E-state index < -0.39 is 0 Å². The molecule has 0 aromatic heterocycles. The predicted molar refractivity (Wildman–Crippen MR) is 120 cm³/mol. The van der Waals surface area contributed by atoms with Crippen LogP contribution in [0.3, 0.4) is 0 Å². The van der Waals surface area contributed by atoms with Crippen LogP contribution in [0.15, 0.2) is 11.6 Å². The van der Waals surface area contributed by atoms with Crippen LogP contribution >= 0.6 is 0 Å². The largest absolute Gasteiger partial charge is 0.0844 e. The third kappa shape index (κ3) is 2.54. The Labute approximate surface area is 175 Å². The van der Waals surface area contributed by atoms with Gasteiger partial charge >= 0.3 is 0 Å². The highest BCUT2D eigenvalue weighted by Crippen LogP contribution is 2.70. The lowest BCUT2D eigenvalue weighted by atomic mass is 9.38. The van der Waals surface area contributed by atoms with Gasteiger partial charge in [-0.25, -0.2) is 0 Å². The Hall–Kier alpha value is -0.260. The van der Waals surface area contributed by atoms with Gasteiger partial charge in [-0.1, -0.05) is 59.6 Å². The Morgan fingerprint density at radius 2 is 1.50 bits per heavy atom. The molecule has 5 aliphatic rings. The molecule has 0 aromatic rings. The van der Waals surface area contributed by atoms with E-state index in [9.17, 15) is 0 Å². The van der Waals surface area contributed by atoms with E-state index in [4.69, 9.17) is 0 Å². The van der Waals surface area contributed by atoms with Gasteiger partial charge in [0.05, 0.1) is 0 Å². The summed E-state index contributed by atoms with van der Waals surface area (Å²) < 4.78 is 0. The Bertz CT molecular complexity index is 659. The maximum absolute atomic E-state index is 2.84. The second kappa shape index (κ2) is 6.37. The van der Waals surface area contributed by atoms with Crippen LogP contribution in [-0.4, -0.2) is 0 Å². The van der Waals surface area contributed by atoms with E-state index >= 15 is 0 Å². The van der Waals surface area contributed by atoms with E-state index in [-0.39, 0.29) is 0 Å². The van der Waals surface area contributed by atoms with Crippen LogP contribution in [0.25, 0.3) is 0 Å². The van der Waals surface area contributed by atoms with Crippen LogP contribution in [0.2, 0.25) is 0 Å². The first kappa shape index (κ1) is 19.7. The normalized spacial score (nSPS) is 58.6. The lowest BCUT2D eigenvalue weighted by molar-refractivity contribution is -0.142. The standard InChI is InChI=1S/C28H46/c1-18-9-13-26(4)14-11-23-21(24(26)17-18)7-8-25-27(5)15-10-19(2)20(3)22(27)12-16-28(23,25)6/h7,18-20,22-25H,8-17H2,1-6H3. The van der Waals surface area contributed by atoms with Crippen molar-refractivity contribution < 1.29 is 0 Å². The second-order valence-corrected chi connectivity index (χ2v) is 13.2. The zero-order valence-corrected chi connectivity index (χ0v) is 19.7. The molecule has 0 amide bonds. The summed E-state index contributed by atoms with van der Waals surface area (Å²) >= 11 is 0. The number of hydrogen-bond acceptors (Lipinski definition) is 0. The number of hydrogen-bond donors (Lipinski definition) is 0. The SMILES string of the molecule is CC1CCC2(C)CCC3C(=CCC4C3(C)CCC3C(C)C(C)CCC34C)C2C1. The van der Waals surface area contributed by atoms with E-state index in [0.29, 0.717) is 16.2 Å². The van der Waals surface area contributed by atoms with Crippen LogP contribution in [0.4, 0.5) is 0 Å². The average molecular weight is 383 g/mol. The molecule has 0 N–H and O–H groups in total. The third-order valence-electron chi connectivity index (χ3n) is 12.0. The van der Waals surface area contributed by atoms with Gasteiger partial charge in [0.15, 0.2) is 0 Å². The van der Waals surface area contributed by atoms with Gasteiger partial charge < -0.3 is 0 Å². The highest BCUT2D eigenvalue weighted by molar-refractivity contribution is 5.28. The molecule has 0 aliphatic heterocycles. The van der Waals surface area contributed by atoms with E-state index in [1.165, 1.54) is 64.2 Å². The van der Waals surface area contributed by atoms with Gasteiger partial charge in [-0.05, 0) is 115 Å². The molecule has 0 bridgehead atoms. The van der Waals surface area contributed by atoms with Crippen molar-refractivity contribution in [2.45, 2.75) is 106 Å². The van der Waals surface area contributed by atoms with Crippen molar-refractivity contribution in [3.05, 3.63) is 11.6 Å². The van der Waals surface area contributed by atoms with E-state index in [2.05, 4.69) is 47.6 Å². The zero-order valence-electron chi connectivity index (χ0n) is 19.7. The predicted octanol–water partition coefficient (Wildman–Crippen LogP) is 8.27. The second-order valence-electron chi connectivity index (χ2n) is 13.2. The van der Waals surface area contributed by atoms with Gasteiger partial charge in [-0.3, -0.25) is 0 Å². The van der Waals surface area contributed by atoms with Gasteiger partial charge in [-0.2, -0.15) is 0 Å². The van der Waals surface area contributed by atoms with Crippen LogP contribution in [0.1, 0.15) is 106 Å². The fraction of sp³-hybridized carbons (Fsp3) is 0.929. The molecule has 158 valence electrons. The molecule has 28 heavy (non-hydrogen) atoms. The Morgan fingerprint density at radius 1 is 0.786 bits per heavy atom. The van der Waals surface area contributed by atoms with E-state index in [0.717, 1.165) is 41.4 Å². The monoisotopic (exact) mass is 382 g/mol. The van der Waals surface area contributed by atoms with Crippen LogP contribution in [0.5, 0.6) is 0 Å². The minimum absolute atomic E-state index is 0.581. The molecule has 5 rings (SSSR count). The fourth-order valence-corrected chi connectivity index (χ4v) is 9.88. The Balaban J connectivity index is 1.51. The summed E-state index contributed by atoms with van der Waals surface area (Å²) in [5.41, 5.74) is 3.76. The molecule has 4 saturated carbocycles. The molecule has 4 fully saturated rings. The first-order chi connectivity index (χ1) is 13.2. The Morgan fingerprint density at radius 3 is 2.29 bits per heavy atom. The minimum atomic E-state index is 0.581. The summed E-state index contributed by atoms with van der Waals surface area (Å²) in [7, 11) is 0. The van der Waals surface area contributed by atoms with Crippen LogP contribution < -0.4 is 0 Å². The van der Waals surface area contributed by atoms with Crippen LogP contribution in [-0.2, 0) is 0 Å². The first-order valence-corrected chi connectivity index (χ1v) is 12.9. The molecule has 0 aromatic carbocycles. The van der Waals surface area contributed by atoms with Crippen LogP contribution in [0, 0.1) is 57.7 Å². The van der Waals surface area contributed by atoms with Crippen molar-refractivity contribution >= 4 is 0 Å². The smallest absolute Gasteiger partial charge is 0.0143 e. The van der Waals surface area contributed by atoms with Gasteiger partial charge in [0.2, 0.25) is 0 Å². The summed E-state index contributed by atoms with van der Waals surface area (Å²) in [4.78, 5) is 0. The van der Waals surface area contributed by atoms with E-state index in [1.54, 1.807) is 0 Å². The number of allylic oxidation sites excluding steroid dienone is 2. The molecular formula is C28H46. The maximum atomic E-state index is 2.84. The van der Waals surface area contributed by atoms with Crippen molar-refractivity contribution in [1.82, 2.24) is 0 Å². The number of fused-ring (bicyclic) bond motifs is 7. The summed E-state index contributed by atoms with van der Waals surface area (Å²) in [6, 6.07) is 0. The third-order valence-corrected chi connectivity index (χ3v) is 12.0. The van der Waals surface area contributed by atoms with E-state index in [1.807, 2.05) is 5.57 Å². The molecule has 10 atom stereocenters. The number of rotatable bonds is 0. The van der Waals surface area contributed by atoms with Crippen molar-refractivity contribution in [3.8, 4) is 0 Å². The molecule has 10 unspecified atom stereocenters. The fourth-order valence-electron chi connectivity index (χ4n) is 9.88. The molecule has 0 heteroatoms. The van der Waals surface area contributed by atoms with Gasteiger partial charge in [0.1, 0.15) is 0 Å². The maximum Gasteiger partial charge on any atom is -0.0143 e. The van der Waals surface area contributed by atoms with Crippen molar-refractivity contribution in [3.63, 3.8) is 0 Å². The molecule has 5 aliphatic carbocycles. The summed E-state index contributed by atoms with van der Waals surface area (Å²) in [5, 5.41) is 0. The quantitative estimate of drug-likeness (QED) is 0.370. The van der Waals surface area contributed by atoms with Crippen molar-refractivity contribution in [2.24, 2.45) is 57.7 Å². The first-order valence-electron chi connectivity index (χ1n) is 12.9. The lowest BCUT2D eigenvalue weighted by Gasteiger charge is -2.66. The molecule has 0 spiro atoms. The average Bonchev–Trinajstić information content (AvgIpc) is 2.65. The highest BCUT2D eigenvalue weighted by Gasteiger charge is 2.61. The van der Waals surface area contributed by atoms with Gasteiger partial charge in [0, 0.05) is 0 Å². The van der Waals surface area contributed by atoms with Gasteiger partial charge in [0.25, 0.3) is 0 Å². The minimum Gasteiger partial charge on any atom is -0.0844 e. The summed E-state index contributed by atoms with van der Waals surface area (Å²) in [6.45, 7) is 15.8. The zero-order chi connectivity index (χ0) is 19.9. The van der Waals surface area contributed by atoms with Crippen molar-refractivity contribution in [1.29, 1.82) is 0 Å². The molecule has 0 radical (unpaired) electrons. The molecular weight excluding hydrogens is 336 g/mol. The topological polar surface area (TPSA) is 0 Å². The molecule has 0 saturated heterocycles. The highest BCUT2D eigenvalue weighted by atomic mass is 14.7. The molecule has 0 nitrogen and oxygen atoms in total. The summed E-state index contributed by atoms with van der Waals surface area (Å²) in [5.74, 6) is 6.54. The van der Waals surface area contributed by atoms with Gasteiger partial charge in [-0.15, -0.1) is 0 Å². The Kier molecular flexibility index (Phi) is 4.48. The lowest BCUT2D eigenvalue weighted by Crippen LogP contribution is -2.58. The van der Waals surface area contributed by atoms with Crippen molar-refractivity contribution in [2.75, 3.05) is 0 Å². The summed E-state index contributed by atoms with van der Waals surface area (Å²) in [6.07, 6.45) is 17.7. The molecule has 0 heterocycles.